The quantitative estimate of drug-likeness (QED) is 0.735. The van der Waals surface area contributed by atoms with Crippen LogP contribution in [0.15, 0.2) is 0 Å². The van der Waals surface area contributed by atoms with Gasteiger partial charge in [0.25, 0.3) is 0 Å². The molecule has 1 saturated carbocycles. The van der Waals surface area contributed by atoms with Crippen LogP contribution in [0.25, 0.3) is 0 Å². The van der Waals surface area contributed by atoms with Gasteiger partial charge in [0.1, 0.15) is 6.10 Å². The lowest BCUT2D eigenvalue weighted by Crippen LogP contribution is -2.36. The first kappa shape index (κ1) is 15.8. The minimum atomic E-state index is 0.00830. The first-order chi connectivity index (χ1) is 9.84. The fourth-order valence-electron chi connectivity index (χ4n) is 3.41. The van der Waals surface area contributed by atoms with Gasteiger partial charge in [-0.1, -0.05) is 38.5 Å². The number of esters is 1. The first-order valence-electron chi connectivity index (χ1n) is 8.76. The SMILES string of the molecule is O=C(CN1CCCCC1)OC1CCCCCCCCC1. The molecule has 0 radical (unpaired) electrons. The molecule has 0 spiro atoms. The van der Waals surface area contributed by atoms with Crippen molar-refractivity contribution in [2.45, 2.75) is 83.2 Å². The third-order valence-electron chi connectivity index (χ3n) is 4.65. The van der Waals surface area contributed by atoms with Crippen LogP contribution in [0, 0.1) is 0 Å². The molecule has 2 rings (SSSR count). The molecule has 0 aromatic rings. The maximum atomic E-state index is 12.1. The van der Waals surface area contributed by atoms with Crippen LogP contribution in [0.2, 0.25) is 0 Å². The lowest BCUT2D eigenvalue weighted by Gasteiger charge is -2.26. The fraction of sp³-hybridized carbons (Fsp3) is 0.941. The van der Waals surface area contributed by atoms with Gasteiger partial charge in [-0.25, -0.2) is 0 Å². The number of carbonyl (C=O) groups excluding carboxylic acids is 1. The maximum Gasteiger partial charge on any atom is 0.320 e. The molecule has 116 valence electrons. The van der Waals surface area contributed by atoms with E-state index in [4.69, 9.17) is 4.74 Å². The van der Waals surface area contributed by atoms with E-state index >= 15 is 0 Å². The molecule has 0 aromatic heterocycles. The molecule has 1 heterocycles. The number of ether oxygens (including phenoxy) is 1. The van der Waals surface area contributed by atoms with Crippen LogP contribution < -0.4 is 0 Å². The van der Waals surface area contributed by atoms with E-state index in [2.05, 4.69) is 4.90 Å². The van der Waals surface area contributed by atoms with Crippen molar-refractivity contribution in [3.8, 4) is 0 Å². The van der Waals surface area contributed by atoms with E-state index in [1.807, 2.05) is 0 Å². The predicted octanol–water partition coefficient (Wildman–Crippen LogP) is 3.91. The highest BCUT2D eigenvalue weighted by molar-refractivity contribution is 5.71. The van der Waals surface area contributed by atoms with Crippen molar-refractivity contribution in [2.24, 2.45) is 0 Å². The summed E-state index contributed by atoms with van der Waals surface area (Å²) in [6.07, 6.45) is 15.3. The van der Waals surface area contributed by atoms with Gasteiger partial charge in [-0.3, -0.25) is 9.69 Å². The second kappa shape index (κ2) is 9.38. The Bertz CT molecular complexity index is 264. The van der Waals surface area contributed by atoms with E-state index < -0.39 is 0 Å². The third-order valence-corrected chi connectivity index (χ3v) is 4.65. The number of piperidine rings is 1. The monoisotopic (exact) mass is 281 g/mol. The molecule has 3 nitrogen and oxygen atoms in total. The van der Waals surface area contributed by atoms with Crippen molar-refractivity contribution in [3.63, 3.8) is 0 Å². The van der Waals surface area contributed by atoms with Crippen LogP contribution >= 0.6 is 0 Å². The zero-order valence-electron chi connectivity index (χ0n) is 12.9. The molecule has 1 aliphatic heterocycles. The molecule has 3 heteroatoms. The van der Waals surface area contributed by atoms with E-state index in [0.29, 0.717) is 6.54 Å². The topological polar surface area (TPSA) is 29.5 Å². The maximum absolute atomic E-state index is 12.1. The smallest absolute Gasteiger partial charge is 0.320 e. The highest BCUT2D eigenvalue weighted by atomic mass is 16.5. The molecule has 0 N–H and O–H groups in total. The van der Waals surface area contributed by atoms with Gasteiger partial charge in [0, 0.05) is 0 Å². The van der Waals surface area contributed by atoms with E-state index in [1.54, 1.807) is 0 Å². The van der Waals surface area contributed by atoms with Gasteiger partial charge >= 0.3 is 5.97 Å². The molecule has 0 atom stereocenters. The third kappa shape index (κ3) is 6.25. The molecule has 0 bridgehead atoms. The summed E-state index contributed by atoms with van der Waals surface area (Å²) in [6.45, 7) is 2.65. The summed E-state index contributed by atoms with van der Waals surface area (Å²) in [5.74, 6) is 0.00830. The number of carbonyl (C=O) groups is 1. The highest BCUT2D eigenvalue weighted by Gasteiger charge is 2.18. The average Bonchev–Trinajstić information content (AvgIpc) is 2.47. The summed E-state index contributed by atoms with van der Waals surface area (Å²) in [7, 11) is 0. The summed E-state index contributed by atoms with van der Waals surface area (Å²) < 4.78 is 5.75. The van der Waals surface area contributed by atoms with Gasteiger partial charge in [-0.2, -0.15) is 0 Å². The van der Waals surface area contributed by atoms with Gasteiger partial charge in [0.2, 0.25) is 0 Å². The van der Waals surface area contributed by atoms with Gasteiger partial charge in [-0.15, -0.1) is 0 Å². The molecule has 0 unspecified atom stereocenters. The van der Waals surface area contributed by atoms with Crippen LogP contribution in [0.4, 0.5) is 0 Å². The minimum Gasteiger partial charge on any atom is -0.461 e. The lowest BCUT2D eigenvalue weighted by atomic mass is 9.99. The van der Waals surface area contributed by atoms with Crippen molar-refractivity contribution in [3.05, 3.63) is 0 Å². The molecule has 1 aliphatic carbocycles. The van der Waals surface area contributed by atoms with Gasteiger partial charge in [0.05, 0.1) is 6.54 Å². The number of rotatable bonds is 3. The average molecular weight is 281 g/mol. The number of nitrogens with zero attached hydrogens (tertiary/aromatic N) is 1. The van der Waals surface area contributed by atoms with Gasteiger partial charge in [0.15, 0.2) is 0 Å². The van der Waals surface area contributed by atoms with E-state index in [0.717, 1.165) is 25.9 Å². The predicted molar refractivity (Wildman–Crippen MR) is 81.7 cm³/mol. The largest absolute Gasteiger partial charge is 0.461 e. The van der Waals surface area contributed by atoms with Crippen LogP contribution in [-0.4, -0.2) is 36.6 Å². The van der Waals surface area contributed by atoms with Crippen molar-refractivity contribution in [1.29, 1.82) is 0 Å². The Balaban J connectivity index is 1.69. The lowest BCUT2D eigenvalue weighted by molar-refractivity contribution is -0.151. The Kier molecular flexibility index (Phi) is 7.42. The van der Waals surface area contributed by atoms with Crippen molar-refractivity contribution >= 4 is 5.97 Å². The molecule has 0 amide bonds. The van der Waals surface area contributed by atoms with Gasteiger partial charge in [-0.05, 0) is 51.6 Å². The number of hydrogen-bond donors (Lipinski definition) is 0. The van der Waals surface area contributed by atoms with Crippen LogP contribution in [0.5, 0.6) is 0 Å². The van der Waals surface area contributed by atoms with E-state index in [-0.39, 0.29) is 12.1 Å². The van der Waals surface area contributed by atoms with Crippen LogP contribution in [0.3, 0.4) is 0 Å². The standard InChI is InChI=1S/C17H31NO2/c19-17(15-18-13-9-6-10-14-18)20-16-11-7-4-2-1-3-5-8-12-16/h16H,1-15H2. The Morgan fingerprint density at radius 3 is 1.90 bits per heavy atom. The Morgan fingerprint density at radius 2 is 1.30 bits per heavy atom. The van der Waals surface area contributed by atoms with Crippen molar-refractivity contribution < 1.29 is 9.53 Å². The first-order valence-corrected chi connectivity index (χ1v) is 8.76. The van der Waals surface area contributed by atoms with E-state index in [9.17, 15) is 4.79 Å². The number of likely N-dealkylation sites (tertiary alicyclic amines) is 1. The summed E-state index contributed by atoms with van der Waals surface area (Å²) in [6, 6.07) is 0. The van der Waals surface area contributed by atoms with E-state index in [1.165, 1.54) is 64.2 Å². The molecule has 0 aromatic carbocycles. The summed E-state index contributed by atoms with van der Waals surface area (Å²) in [4.78, 5) is 14.3. The number of hydrogen-bond acceptors (Lipinski definition) is 3. The highest BCUT2D eigenvalue weighted by Crippen LogP contribution is 2.19. The second-order valence-corrected chi connectivity index (χ2v) is 6.50. The minimum absolute atomic E-state index is 0.00830. The molecule has 20 heavy (non-hydrogen) atoms. The summed E-state index contributed by atoms with van der Waals surface area (Å²) in [5.41, 5.74) is 0. The summed E-state index contributed by atoms with van der Waals surface area (Å²) >= 11 is 0. The van der Waals surface area contributed by atoms with Crippen molar-refractivity contribution in [1.82, 2.24) is 4.90 Å². The Morgan fingerprint density at radius 1 is 0.800 bits per heavy atom. The van der Waals surface area contributed by atoms with Gasteiger partial charge < -0.3 is 4.74 Å². The van der Waals surface area contributed by atoms with Crippen LogP contribution in [-0.2, 0) is 9.53 Å². The zero-order chi connectivity index (χ0) is 14.0. The fourth-order valence-corrected chi connectivity index (χ4v) is 3.41. The zero-order valence-corrected chi connectivity index (χ0v) is 12.9. The molecule has 1 saturated heterocycles. The van der Waals surface area contributed by atoms with Crippen LogP contribution in [0.1, 0.15) is 77.0 Å². The molecule has 2 fully saturated rings. The second-order valence-electron chi connectivity index (χ2n) is 6.50. The summed E-state index contributed by atoms with van der Waals surface area (Å²) in [5, 5.41) is 0. The molecular weight excluding hydrogens is 250 g/mol. The Labute approximate surface area is 124 Å². The molecule has 2 aliphatic rings. The van der Waals surface area contributed by atoms with Crippen molar-refractivity contribution in [2.75, 3.05) is 19.6 Å². The normalized spacial score (nSPS) is 24.2. The Hall–Kier alpha value is -0.570. The molecular formula is C17H31NO2.